The Labute approximate surface area is 209 Å². The molecule has 1 atom stereocenters. The van der Waals surface area contributed by atoms with E-state index in [2.05, 4.69) is 11.4 Å². The number of ether oxygens (including phenoxy) is 2. The molecule has 0 aliphatic carbocycles. The second kappa shape index (κ2) is 10.4. The number of esters is 1. The number of hydrogen-bond donors (Lipinski definition) is 1. The van der Waals surface area contributed by atoms with Crippen molar-refractivity contribution in [3.8, 4) is 5.75 Å². The number of methoxy groups -OCH3 is 1. The van der Waals surface area contributed by atoms with Crippen LogP contribution < -0.4 is 10.1 Å². The van der Waals surface area contributed by atoms with E-state index in [0.717, 1.165) is 22.0 Å². The van der Waals surface area contributed by atoms with E-state index in [0.29, 0.717) is 22.7 Å². The smallest absolute Gasteiger partial charge is 0.338 e. The average Bonchev–Trinajstić information content (AvgIpc) is 3.19. The highest BCUT2D eigenvalue weighted by atomic mass is 32.2. The number of nitrogens with one attached hydrogen (secondary N) is 1. The van der Waals surface area contributed by atoms with E-state index in [1.54, 1.807) is 13.2 Å². The Bertz CT molecular complexity index is 1250. The molecule has 2 heterocycles. The predicted octanol–water partition coefficient (Wildman–Crippen LogP) is 5.56. The number of nitrogens with zero attached hydrogens (tertiary/aromatic N) is 2. The van der Waals surface area contributed by atoms with Gasteiger partial charge in [-0.2, -0.15) is 0 Å². The summed E-state index contributed by atoms with van der Waals surface area (Å²) in [6.45, 7) is 7.50. The predicted molar refractivity (Wildman–Crippen MR) is 139 cm³/mol. The summed E-state index contributed by atoms with van der Waals surface area (Å²) in [6.07, 6.45) is -0.139. The van der Waals surface area contributed by atoms with Gasteiger partial charge in [0.1, 0.15) is 5.75 Å². The molecule has 182 valence electrons. The number of carbonyl (C=O) groups is 2. The number of anilines is 1. The highest BCUT2D eigenvalue weighted by Crippen LogP contribution is 2.45. The molecule has 0 aromatic heterocycles. The van der Waals surface area contributed by atoms with E-state index in [1.807, 2.05) is 74.4 Å². The number of rotatable bonds is 7. The van der Waals surface area contributed by atoms with E-state index in [-0.39, 0.29) is 18.4 Å². The zero-order valence-corrected chi connectivity index (χ0v) is 21.3. The molecule has 0 saturated heterocycles. The molecular weight excluding hydrogens is 462 g/mol. The Hall–Kier alpha value is -3.52. The number of thioether (sulfide) groups is 1. The van der Waals surface area contributed by atoms with Gasteiger partial charge in [0.15, 0.2) is 5.17 Å². The van der Waals surface area contributed by atoms with Crippen molar-refractivity contribution in [2.75, 3.05) is 12.4 Å². The molecule has 2 aromatic rings. The van der Waals surface area contributed by atoms with Crippen LogP contribution in [0.15, 0.2) is 75.9 Å². The van der Waals surface area contributed by atoms with Crippen LogP contribution in [0.1, 0.15) is 44.4 Å². The highest BCUT2D eigenvalue weighted by molar-refractivity contribution is 8.16. The molecule has 0 saturated carbocycles. The number of amidine groups is 1. The number of allylic oxidation sites excluding steroid dienone is 1. The van der Waals surface area contributed by atoms with Crippen LogP contribution in [0.25, 0.3) is 0 Å². The molecule has 2 aliphatic heterocycles. The first-order chi connectivity index (χ1) is 16.8. The Kier molecular flexibility index (Phi) is 7.31. The molecule has 2 aliphatic rings. The van der Waals surface area contributed by atoms with Crippen LogP contribution in [0.2, 0.25) is 0 Å². The Morgan fingerprint density at radius 1 is 1.14 bits per heavy atom. The van der Waals surface area contributed by atoms with E-state index in [9.17, 15) is 9.59 Å². The first kappa shape index (κ1) is 24.6. The summed E-state index contributed by atoms with van der Waals surface area (Å²) in [6, 6.07) is 14.8. The van der Waals surface area contributed by atoms with Crippen molar-refractivity contribution in [2.24, 2.45) is 4.99 Å². The van der Waals surface area contributed by atoms with Gasteiger partial charge in [0.2, 0.25) is 5.91 Å². The van der Waals surface area contributed by atoms with Crippen molar-refractivity contribution in [3.05, 3.63) is 82.0 Å². The number of benzene rings is 2. The minimum absolute atomic E-state index is 0.122. The molecule has 4 rings (SSSR count). The lowest BCUT2D eigenvalue weighted by atomic mass is 9.93. The van der Waals surface area contributed by atoms with Gasteiger partial charge >= 0.3 is 5.97 Å². The molecule has 1 N–H and O–H groups in total. The molecule has 0 radical (unpaired) electrons. The Balaban J connectivity index is 1.65. The van der Waals surface area contributed by atoms with Crippen molar-refractivity contribution in [1.82, 2.24) is 4.90 Å². The Morgan fingerprint density at radius 3 is 2.63 bits per heavy atom. The molecule has 2 aromatic carbocycles. The minimum Gasteiger partial charge on any atom is -0.497 e. The topological polar surface area (TPSA) is 80.2 Å². The standard InChI is InChI=1S/C27H29N3O4S/c1-16(2)34-26(32)24-18(4)28-27-30(25(24)19-9-6-8-17(3)12-19)21(15-35-27)14-23(31)29-20-10-7-11-22(13-20)33-5/h6-13,15-16,25H,14H2,1-5H3,(H,29,31)/t25-/m1/s1. The van der Waals surface area contributed by atoms with E-state index >= 15 is 0 Å². The van der Waals surface area contributed by atoms with Gasteiger partial charge in [-0.05, 0) is 50.8 Å². The fourth-order valence-corrected chi connectivity index (χ4v) is 5.10. The highest BCUT2D eigenvalue weighted by Gasteiger charge is 2.41. The average molecular weight is 492 g/mol. The van der Waals surface area contributed by atoms with Crippen LogP contribution in [0, 0.1) is 6.92 Å². The fraction of sp³-hybridized carbons (Fsp3) is 0.296. The summed E-state index contributed by atoms with van der Waals surface area (Å²) in [7, 11) is 1.58. The van der Waals surface area contributed by atoms with Gasteiger partial charge in [-0.25, -0.2) is 9.79 Å². The summed E-state index contributed by atoms with van der Waals surface area (Å²) in [5, 5.41) is 5.60. The van der Waals surface area contributed by atoms with Crippen LogP contribution in [0.5, 0.6) is 5.75 Å². The number of hydrogen-bond acceptors (Lipinski definition) is 7. The van der Waals surface area contributed by atoms with Gasteiger partial charge in [0, 0.05) is 17.5 Å². The van der Waals surface area contributed by atoms with Gasteiger partial charge in [-0.1, -0.05) is 47.7 Å². The number of aliphatic imine (C=N–C) groups is 1. The van der Waals surface area contributed by atoms with E-state index < -0.39 is 12.0 Å². The van der Waals surface area contributed by atoms with Crippen LogP contribution >= 0.6 is 11.8 Å². The monoisotopic (exact) mass is 491 g/mol. The summed E-state index contributed by atoms with van der Waals surface area (Å²) in [5.74, 6) is 0.0909. The third-order valence-corrected chi connectivity index (χ3v) is 6.51. The number of fused-ring (bicyclic) bond motifs is 1. The van der Waals surface area contributed by atoms with Gasteiger partial charge in [0.05, 0.1) is 36.9 Å². The second-order valence-corrected chi connectivity index (χ2v) is 9.55. The molecule has 0 unspecified atom stereocenters. The van der Waals surface area contributed by atoms with Crippen molar-refractivity contribution < 1.29 is 19.1 Å². The third-order valence-electron chi connectivity index (χ3n) is 5.62. The van der Waals surface area contributed by atoms with Gasteiger partial charge in [-0.3, -0.25) is 4.79 Å². The zero-order valence-electron chi connectivity index (χ0n) is 20.5. The van der Waals surface area contributed by atoms with Crippen molar-refractivity contribution in [3.63, 3.8) is 0 Å². The molecule has 1 amide bonds. The first-order valence-corrected chi connectivity index (χ1v) is 12.3. The normalized spacial score (nSPS) is 17.1. The quantitative estimate of drug-likeness (QED) is 0.511. The second-order valence-electron chi connectivity index (χ2n) is 8.72. The largest absolute Gasteiger partial charge is 0.497 e. The first-order valence-electron chi connectivity index (χ1n) is 11.4. The van der Waals surface area contributed by atoms with Crippen molar-refractivity contribution in [2.45, 2.75) is 46.3 Å². The number of amides is 1. The molecule has 0 fully saturated rings. The molecule has 8 heteroatoms. The molecule has 0 spiro atoms. The summed E-state index contributed by atoms with van der Waals surface area (Å²) in [5.41, 5.74) is 4.54. The molecule has 7 nitrogen and oxygen atoms in total. The maximum absolute atomic E-state index is 13.2. The molecular formula is C27H29N3O4S. The van der Waals surface area contributed by atoms with E-state index in [1.165, 1.54) is 11.8 Å². The minimum atomic E-state index is -0.445. The Morgan fingerprint density at radius 2 is 1.91 bits per heavy atom. The van der Waals surface area contributed by atoms with Crippen LogP contribution in [-0.2, 0) is 14.3 Å². The summed E-state index contributed by atoms with van der Waals surface area (Å²) in [4.78, 5) is 32.9. The number of carbonyl (C=O) groups excluding carboxylic acids is 2. The lowest BCUT2D eigenvalue weighted by Gasteiger charge is -2.36. The maximum Gasteiger partial charge on any atom is 0.338 e. The van der Waals surface area contributed by atoms with Crippen LogP contribution in [0.4, 0.5) is 5.69 Å². The fourth-order valence-electron chi connectivity index (χ4n) is 4.13. The van der Waals surface area contributed by atoms with Crippen molar-refractivity contribution in [1.29, 1.82) is 0 Å². The zero-order chi connectivity index (χ0) is 25.1. The lowest BCUT2D eigenvalue weighted by molar-refractivity contribution is -0.143. The summed E-state index contributed by atoms with van der Waals surface area (Å²) >= 11 is 1.45. The van der Waals surface area contributed by atoms with E-state index in [4.69, 9.17) is 14.5 Å². The lowest BCUT2D eigenvalue weighted by Crippen LogP contribution is -2.37. The SMILES string of the molecule is COc1cccc(NC(=O)CC2=CSC3=NC(C)=C(C(=O)OC(C)C)[C@@H](c4cccc(C)c4)N23)c1. The van der Waals surface area contributed by atoms with Crippen LogP contribution in [0.3, 0.4) is 0 Å². The summed E-state index contributed by atoms with van der Waals surface area (Å²) < 4.78 is 10.8. The van der Waals surface area contributed by atoms with Gasteiger partial charge in [0.25, 0.3) is 0 Å². The molecule has 0 bridgehead atoms. The maximum atomic E-state index is 13.2. The van der Waals surface area contributed by atoms with Gasteiger partial charge < -0.3 is 19.7 Å². The van der Waals surface area contributed by atoms with Crippen molar-refractivity contribution >= 4 is 34.5 Å². The molecule has 35 heavy (non-hydrogen) atoms. The number of aryl methyl sites for hydroxylation is 1. The van der Waals surface area contributed by atoms with Gasteiger partial charge in [-0.15, -0.1) is 0 Å². The van der Waals surface area contributed by atoms with Crippen LogP contribution in [-0.4, -0.2) is 35.2 Å². The third kappa shape index (κ3) is 5.43.